The summed E-state index contributed by atoms with van der Waals surface area (Å²) >= 11 is 0. The fourth-order valence-corrected chi connectivity index (χ4v) is 2.39. The highest BCUT2D eigenvalue weighted by Gasteiger charge is 2.45. The van der Waals surface area contributed by atoms with Crippen molar-refractivity contribution in [3.05, 3.63) is 0 Å². The van der Waals surface area contributed by atoms with Crippen molar-refractivity contribution >= 4 is 0 Å². The van der Waals surface area contributed by atoms with Crippen molar-refractivity contribution in [3.8, 4) is 0 Å². The van der Waals surface area contributed by atoms with Crippen molar-refractivity contribution in [1.29, 1.82) is 0 Å². The first kappa shape index (κ1) is 13.3. The third-order valence-corrected chi connectivity index (χ3v) is 4.25. The van der Waals surface area contributed by atoms with Crippen LogP contribution in [0.2, 0.25) is 0 Å². The second-order valence-electron chi connectivity index (χ2n) is 5.92. The van der Waals surface area contributed by atoms with Crippen LogP contribution in [0.1, 0.15) is 40.0 Å². The first-order valence-corrected chi connectivity index (χ1v) is 7.08. The van der Waals surface area contributed by atoms with Crippen LogP contribution in [0.15, 0.2) is 0 Å². The Labute approximate surface area is 105 Å². The summed E-state index contributed by atoms with van der Waals surface area (Å²) < 4.78 is 11.4. The van der Waals surface area contributed by atoms with E-state index in [1.54, 1.807) is 0 Å². The van der Waals surface area contributed by atoms with E-state index in [1.165, 1.54) is 19.4 Å². The molecule has 2 aliphatic rings. The number of rotatable bonds is 6. The smallest absolute Gasteiger partial charge is 0.0619 e. The van der Waals surface area contributed by atoms with E-state index in [2.05, 4.69) is 25.7 Å². The van der Waals surface area contributed by atoms with Gasteiger partial charge in [0.05, 0.1) is 25.9 Å². The van der Waals surface area contributed by atoms with E-state index in [4.69, 9.17) is 9.47 Å². The zero-order valence-electron chi connectivity index (χ0n) is 11.6. The van der Waals surface area contributed by atoms with E-state index in [9.17, 15) is 0 Å². The summed E-state index contributed by atoms with van der Waals surface area (Å²) in [6, 6.07) is 0.574. The van der Waals surface area contributed by atoms with Crippen LogP contribution in [0.4, 0.5) is 0 Å². The number of hydrogen-bond acceptors (Lipinski definition) is 3. The summed E-state index contributed by atoms with van der Waals surface area (Å²) in [5.41, 5.74) is 0.467. The van der Waals surface area contributed by atoms with Gasteiger partial charge in [-0.2, -0.15) is 0 Å². The van der Waals surface area contributed by atoms with Crippen molar-refractivity contribution in [1.82, 2.24) is 4.90 Å². The quantitative estimate of drug-likeness (QED) is 0.712. The summed E-state index contributed by atoms with van der Waals surface area (Å²) in [5, 5.41) is 0. The zero-order chi connectivity index (χ0) is 12.3. The van der Waals surface area contributed by atoms with Crippen molar-refractivity contribution in [3.63, 3.8) is 0 Å². The molecule has 1 saturated carbocycles. The lowest BCUT2D eigenvalue weighted by atomic mass is 10.1. The molecule has 3 heteroatoms. The molecular weight excluding hydrogens is 214 g/mol. The molecule has 2 fully saturated rings. The van der Waals surface area contributed by atoms with Crippen molar-refractivity contribution in [2.45, 2.75) is 52.2 Å². The molecule has 100 valence electrons. The highest BCUT2D eigenvalue weighted by molar-refractivity contribution is 4.96. The molecule has 2 atom stereocenters. The van der Waals surface area contributed by atoms with Crippen molar-refractivity contribution in [2.24, 2.45) is 5.41 Å². The van der Waals surface area contributed by atoms with Gasteiger partial charge in [0.1, 0.15) is 0 Å². The van der Waals surface area contributed by atoms with Crippen LogP contribution in [0.3, 0.4) is 0 Å². The molecule has 0 spiro atoms. The van der Waals surface area contributed by atoms with Crippen LogP contribution >= 0.6 is 0 Å². The van der Waals surface area contributed by atoms with E-state index in [1.807, 2.05) is 0 Å². The molecule has 0 aromatic carbocycles. The lowest BCUT2D eigenvalue weighted by molar-refractivity contribution is -0.0283. The van der Waals surface area contributed by atoms with Crippen LogP contribution in [0.25, 0.3) is 0 Å². The van der Waals surface area contributed by atoms with Gasteiger partial charge in [0.15, 0.2) is 0 Å². The zero-order valence-corrected chi connectivity index (χ0v) is 11.6. The summed E-state index contributed by atoms with van der Waals surface area (Å²) in [4.78, 5) is 2.58. The minimum atomic E-state index is 0.412. The second-order valence-corrected chi connectivity index (χ2v) is 5.92. The van der Waals surface area contributed by atoms with Crippen LogP contribution in [0, 0.1) is 5.41 Å². The third-order valence-electron chi connectivity index (χ3n) is 4.25. The summed E-state index contributed by atoms with van der Waals surface area (Å²) in [5.74, 6) is 0. The number of morpholine rings is 1. The molecule has 0 radical (unpaired) electrons. The van der Waals surface area contributed by atoms with Gasteiger partial charge in [-0.3, -0.25) is 4.90 Å². The Morgan fingerprint density at radius 1 is 1.47 bits per heavy atom. The van der Waals surface area contributed by atoms with E-state index >= 15 is 0 Å². The normalized spacial score (nSPS) is 30.2. The molecule has 0 aromatic heterocycles. The molecule has 1 aliphatic carbocycles. The van der Waals surface area contributed by atoms with Crippen LogP contribution in [0.5, 0.6) is 0 Å². The molecule has 2 unspecified atom stereocenters. The highest BCUT2D eigenvalue weighted by atomic mass is 16.5. The molecule has 0 aromatic rings. The molecule has 0 amide bonds. The number of ether oxygens (including phenoxy) is 2. The molecular formula is C14H27NO2. The minimum Gasteiger partial charge on any atom is -0.379 e. The molecule has 0 bridgehead atoms. The van der Waals surface area contributed by atoms with Gasteiger partial charge in [-0.1, -0.05) is 6.92 Å². The maximum Gasteiger partial charge on any atom is 0.0619 e. The van der Waals surface area contributed by atoms with Crippen LogP contribution in [-0.2, 0) is 9.47 Å². The van der Waals surface area contributed by atoms with E-state index in [-0.39, 0.29) is 0 Å². The van der Waals surface area contributed by atoms with Gasteiger partial charge >= 0.3 is 0 Å². The summed E-state index contributed by atoms with van der Waals surface area (Å²) in [6.45, 7) is 11.7. The molecule has 1 aliphatic heterocycles. The summed E-state index contributed by atoms with van der Waals surface area (Å²) in [6.07, 6.45) is 4.21. The molecule has 3 nitrogen and oxygen atoms in total. The Hall–Kier alpha value is -0.120. The Bertz CT molecular complexity index is 240. The second kappa shape index (κ2) is 5.68. The molecule has 1 saturated heterocycles. The van der Waals surface area contributed by atoms with Gasteiger partial charge < -0.3 is 9.47 Å². The molecule has 2 rings (SSSR count). The van der Waals surface area contributed by atoms with Gasteiger partial charge in [0.25, 0.3) is 0 Å². The lowest BCUT2D eigenvalue weighted by Crippen LogP contribution is -2.47. The van der Waals surface area contributed by atoms with E-state index in [0.717, 1.165) is 32.8 Å². The van der Waals surface area contributed by atoms with Crippen LogP contribution in [-0.4, -0.2) is 50.0 Å². The average Bonchev–Trinajstić information content (AvgIpc) is 3.10. The SMILES string of the molecule is CCC(C)OCC1(CN2CCOCC2C)CC1. The van der Waals surface area contributed by atoms with Crippen molar-refractivity contribution < 1.29 is 9.47 Å². The van der Waals surface area contributed by atoms with Gasteiger partial charge in [-0.05, 0) is 33.1 Å². The number of nitrogens with zero attached hydrogens (tertiary/aromatic N) is 1. The van der Waals surface area contributed by atoms with Gasteiger partial charge in [0, 0.05) is 24.5 Å². The Morgan fingerprint density at radius 2 is 2.24 bits per heavy atom. The first-order chi connectivity index (χ1) is 8.15. The largest absolute Gasteiger partial charge is 0.379 e. The highest BCUT2D eigenvalue weighted by Crippen LogP contribution is 2.47. The fourth-order valence-electron chi connectivity index (χ4n) is 2.39. The maximum absolute atomic E-state index is 5.94. The summed E-state index contributed by atoms with van der Waals surface area (Å²) in [7, 11) is 0. The van der Waals surface area contributed by atoms with Gasteiger partial charge in [-0.25, -0.2) is 0 Å². The van der Waals surface area contributed by atoms with Gasteiger partial charge in [0.2, 0.25) is 0 Å². The standard InChI is InChI=1S/C14H27NO2/c1-4-13(3)17-11-14(5-6-14)10-15-7-8-16-9-12(15)2/h12-13H,4-11H2,1-3H3. The monoisotopic (exact) mass is 241 g/mol. The topological polar surface area (TPSA) is 21.7 Å². The predicted octanol–water partition coefficient (Wildman–Crippen LogP) is 2.30. The fraction of sp³-hybridized carbons (Fsp3) is 1.00. The predicted molar refractivity (Wildman–Crippen MR) is 69.2 cm³/mol. The maximum atomic E-state index is 5.94. The molecule has 1 heterocycles. The number of hydrogen-bond donors (Lipinski definition) is 0. The van der Waals surface area contributed by atoms with Crippen LogP contribution < -0.4 is 0 Å². The molecule has 17 heavy (non-hydrogen) atoms. The Kier molecular flexibility index (Phi) is 4.45. The van der Waals surface area contributed by atoms with E-state index < -0.39 is 0 Å². The first-order valence-electron chi connectivity index (χ1n) is 7.08. The third kappa shape index (κ3) is 3.67. The minimum absolute atomic E-state index is 0.412. The Morgan fingerprint density at radius 3 is 2.82 bits per heavy atom. The van der Waals surface area contributed by atoms with E-state index in [0.29, 0.717) is 17.6 Å². The molecule has 0 N–H and O–H groups in total. The van der Waals surface area contributed by atoms with Crippen molar-refractivity contribution in [2.75, 3.05) is 32.9 Å². The lowest BCUT2D eigenvalue weighted by Gasteiger charge is -2.36. The van der Waals surface area contributed by atoms with Gasteiger partial charge in [-0.15, -0.1) is 0 Å². The average molecular weight is 241 g/mol. The Balaban J connectivity index is 1.77.